The molecule has 89 heavy (non-hydrogen) atoms. The molecule has 5 heteroatoms. The molecule has 0 aliphatic rings. The van der Waals surface area contributed by atoms with Gasteiger partial charge in [-0.3, -0.25) is 0 Å². The maximum atomic E-state index is 2.46. The van der Waals surface area contributed by atoms with Crippen molar-refractivity contribution in [1.29, 1.82) is 0 Å². The van der Waals surface area contributed by atoms with Crippen LogP contribution in [0.15, 0.2) is 334 Å². The molecule has 19 rings (SSSR count). The first kappa shape index (κ1) is 50.4. The molecule has 14 aromatic carbocycles. The predicted octanol–water partition coefficient (Wildman–Crippen LogP) is 22.2. The van der Waals surface area contributed by atoms with Crippen molar-refractivity contribution in [3.8, 4) is 50.7 Å². The minimum Gasteiger partial charge on any atom is -0.309 e. The van der Waals surface area contributed by atoms with E-state index < -0.39 is 0 Å². The maximum Gasteiger partial charge on any atom is 0.0561 e. The van der Waals surface area contributed by atoms with Gasteiger partial charge in [0, 0.05) is 81.9 Å². The zero-order valence-corrected chi connectivity index (χ0v) is 48.5. The Morgan fingerprint density at radius 3 is 0.708 bits per heavy atom. The molecule has 0 atom stereocenters. The van der Waals surface area contributed by atoms with Crippen molar-refractivity contribution in [1.82, 2.24) is 22.8 Å². The Morgan fingerprint density at radius 1 is 0.146 bits per heavy atom. The highest BCUT2D eigenvalue weighted by Gasteiger charge is 2.22. The second kappa shape index (κ2) is 20.4. The van der Waals surface area contributed by atoms with Crippen LogP contribution in [0.4, 0.5) is 0 Å². The summed E-state index contributed by atoms with van der Waals surface area (Å²) >= 11 is 0. The summed E-state index contributed by atoms with van der Waals surface area (Å²) in [6, 6.07) is 121. The Hall–Kier alpha value is -11.9. The lowest BCUT2D eigenvalue weighted by Crippen LogP contribution is -2.02. The average molecular weight is 1130 g/mol. The molecular weight excluding hydrogens is 1080 g/mol. The standard InChI is InChI=1S/C48H31N3.C36H24N2/c1-7-22-42-36(16-1)37-17-2-8-23-43(37)49(42)33-15-13-14-32(30-33)35-29-28-34(50-44-24-9-3-18-38(44)39-19-4-10-25-45(39)50)31-48(35)51-46-26-11-5-20-40(46)41-21-6-12-27-47(41)51;1-7-19-31-25(13-1)26-14-2-8-20-32(26)37(31)35-23-11-5-17-29(35)30-18-6-12-24-36(30)38-33-21-9-3-15-27(33)28-16-4-10-22-34(28)38/h1-31H;1-24H. The summed E-state index contributed by atoms with van der Waals surface area (Å²) in [4.78, 5) is 0. The van der Waals surface area contributed by atoms with Gasteiger partial charge in [0.25, 0.3) is 0 Å². The Morgan fingerprint density at radius 2 is 0.393 bits per heavy atom. The van der Waals surface area contributed by atoms with Gasteiger partial charge in [0.1, 0.15) is 0 Å². The van der Waals surface area contributed by atoms with E-state index in [1.807, 2.05) is 0 Å². The van der Waals surface area contributed by atoms with Gasteiger partial charge in [0.05, 0.1) is 72.2 Å². The largest absolute Gasteiger partial charge is 0.309 e. The Bertz CT molecular complexity index is 5600. The van der Waals surface area contributed by atoms with Gasteiger partial charge in [0.2, 0.25) is 0 Å². The quantitative estimate of drug-likeness (QED) is 0.152. The van der Waals surface area contributed by atoms with E-state index in [4.69, 9.17) is 0 Å². The van der Waals surface area contributed by atoms with E-state index >= 15 is 0 Å². The zero-order valence-electron chi connectivity index (χ0n) is 48.5. The van der Waals surface area contributed by atoms with E-state index in [0.717, 1.165) is 17.1 Å². The second-order valence-corrected chi connectivity index (χ2v) is 23.1. The summed E-state index contributed by atoms with van der Waals surface area (Å²) in [5.41, 5.74) is 22.6. The van der Waals surface area contributed by atoms with Crippen LogP contribution in [-0.2, 0) is 0 Å². The zero-order chi connectivity index (χ0) is 58.5. The number of para-hydroxylation sites is 12. The molecule has 0 radical (unpaired) electrons. The van der Waals surface area contributed by atoms with Crippen LogP contribution in [0.3, 0.4) is 0 Å². The average Bonchev–Trinajstić information content (AvgIpc) is 1.80. The molecule has 416 valence electrons. The molecule has 19 aromatic rings. The molecule has 0 fully saturated rings. The lowest BCUT2D eigenvalue weighted by atomic mass is 10.0. The van der Waals surface area contributed by atoms with Gasteiger partial charge in [0.15, 0.2) is 0 Å². The molecule has 0 saturated carbocycles. The normalized spacial score (nSPS) is 11.8. The van der Waals surface area contributed by atoms with E-state index in [1.54, 1.807) is 0 Å². The van der Waals surface area contributed by atoms with Gasteiger partial charge in [-0.2, -0.15) is 0 Å². The van der Waals surface area contributed by atoms with Crippen LogP contribution in [0.1, 0.15) is 0 Å². The molecule has 0 bridgehead atoms. The van der Waals surface area contributed by atoms with Crippen molar-refractivity contribution in [2.24, 2.45) is 0 Å². The topological polar surface area (TPSA) is 24.6 Å². The number of aromatic nitrogens is 5. The summed E-state index contributed by atoms with van der Waals surface area (Å²) in [6.07, 6.45) is 0. The van der Waals surface area contributed by atoms with Gasteiger partial charge in [-0.05, 0) is 103 Å². The summed E-state index contributed by atoms with van der Waals surface area (Å²) in [5, 5.41) is 12.6. The molecule has 0 spiro atoms. The van der Waals surface area contributed by atoms with E-state index in [1.165, 1.54) is 143 Å². The minimum absolute atomic E-state index is 1.13. The fourth-order valence-corrected chi connectivity index (χ4v) is 14.6. The van der Waals surface area contributed by atoms with Crippen molar-refractivity contribution in [3.63, 3.8) is 0 Å². The number of benzene rings is 14. The third-order valence-electron chi connectivity index (χ3n) is 18.4. The minimum atomic E-state index is 1.13. The SMILES string of the molecule is c1cc(-c2ccc(-n3c4ccccc4c4ccccc43)cc2-n2c3ccccc3c3ccccc32)cc(-n2c3ccccc3c3ccccc32)c1.c1ccc(-n2c3ccccc3c3ccccc32)c(-c2ccccc2-n2c3ccccc3c3ccccc32)c1. The highest BCUT2D eigenvalue weighted by atomic mass is 15.0. The second-order valence-electron chi connectivity index (χ2n) is 23.1. The van der Waals surface area contributed by atoms with Gasteiger partial charge >= 0.3 is 0 Å². The summed E-state index contributed by atoms with van der Waals surface area (Å²) < 4.78 is 12.1. The van der Waals surface area contributed by atoms with Crippen LogP contribution in [0.2, 0.25) is 0 Å². The number of hydrogen-bond acceptors (Lipinski definition) is 0. The van der Waals surface area contributed by atoms with Crippen LogP contribution < -0.4 is 0 Å². The molecule has 0 amide bonds. The van der Waals surface area contributed by atoms with Crippen molar-refractivity contribution in [2.45, 2.75) is 0 Å². The fraction of sp³-hybridized carbons (Fsp3) is 0. The fourth-order valence-electron chi connectivity index (χ4n) is 14.6. The number of fused-ring (bicyclic) bond motifs is 15. The first-order chi connectivity index (χ1) is 44.2. The molecule has 0 aliphatic heterocycles. The summed E-state index contributed by atoms with van der Waals surface area (Å²) in [7, 11) is 0. The van der Waals surface area contributed by atoms with Crippen LogP contribution in [0.5, 0.6) is 0 Å². The van der Waals surface area contributed by atoms with Gasteiger partial charge in [-0.1, -0.05) is 237 Å². The van der Waals surface area contributed by atoms with Gasteiger partial charge < -0.3 is 22.8 Å². The highest BCUT2D eigenvalue weighted by molar-refractivity contribution is 6.14. The van der Waals surface area contributed by atoms with Crippen molar-refractivity contribution in [3.05, 3.63) is 334 Å². The van der Waals surface area contributed by atoms with Crippen molar-refractivity contribution < 1.29 is 0 Å². The number of rotatable bonds is 7. The first-order valence-corrected chi connectivity index (χ1v) is 30.6. The molecule has 0 saturated heterocycles. The number of nitrogens with zero attached hydrogens (tertiary/aromatic N) is 5. The lowest BCUT2D eigenvalue weighted by Gasteiger charge is -2.18. The Kier molecular flexibility index (Phi) is 11.5. The molecule has 5 nitrogen and oxygen atoms in total. The smallest absolute Gasteiger partial charge is 0.0561 e. The molecule has 0 N–H and O–H groups in total. The lowest BCUT2D eigenvalue weighted by molar-refractivity contribution is 1.13. The summed E-state index contributed by atoms with van der Waals surface area (Å²) in [5.74, 6) is 0. The van der Waals surface area contributed by atoms with E-state index in [0.29, 0.717) is 0 Å². The van der Waals surface area contributed by atoms with Crippen LogP contribution in [0.25, 0.3) is 160 Å². The maximum absolute atomic E-state index is 2.46. The first-order valence-electron chi connectivity index (χ1n) is 30.6. The molecule has 0 aliphatic carbocycles. The molecule has 5 aromatic heterocycles. The molecule has 5 heterocycles. The van der Waals surface area contributed by atoms with Crippen LogP contribution in [-0.4, -0.2) is 22.8 Å². The van der Waals surface area contributed by atoms with Crippen molar-refractivity contribution in [2.75, 3.05) is 0 Å². The molecule has 0 unspecified atom stereocenters. The van der Waals surface area contributed by atoms with Gasteiger partial charge in [-0.15, -0.1) is 0 Å². The Balaban J connectivity index is 0.000000139. The van der Waals surface area contributed by atoms with E-state index in [9.17, 15) is 0 Å². The van der Waals surface area contributed by atoms with Crippen LogP contribution >= 0.6 is 0 Å². The third kappa shape index (κ3) is 7.82. The summed E-state index contributed by atoms with van der Waals surface area (Å²) in [6.45, 7) is 0. The van der Waals surface area contributed by atoms with E-state index in [-0.39, 0.29) is 0 Å². The predicted molar refractivity (Wildman–Crippen MR) is 375 cm³/mol. The number of hydrogen-bond donors (Lipinski definition) is 0. The van der Waals surface area contributed by atoms with Crippen molar-refractivity contribution >= 4 is 109 Å². The van der Waals surface area contributed by atoms with Crippen LogP contribution in [0, 0.1) is 0 Å². The third-order valence-corrected chi connectivity index (χ3v) is 18.4. The molecular formula is C84H55N5. The van der Waals surface area contributed by atoms with Gasteiger partial charge in [-0.25, -0.2) is 0 Å². The highest BCUT2D eigenvalue weighted by Crippen LogP contribution is 2.43. The Labute approximate surface area is 513 Å². The monoisotopic (exact) mass is 1130 g/mol. The van der Waals surface area contributed by atoms with E-state index in [2.05, 4.69) is 356 Å².